The van der Waals surface area contributed by atoms with Gasteiger partial charge in [-0.1, -0.05) is 27.5 Å². The minimum absolute atomic E-state index is 0.0436. The predicted octanol–water partition coefficient (Wildman–Crippen LogP) is 3.48. The number of hydrogen-bond acceptors (Lipinski definition) is 5. The number of amides is 2. The summed E-state index contributed by atoms with van der Waals surface area (Å²) in [7, 11) is 0. The zero-order valence-electron chi connectivity index (χ0n) is 16.0. The van der Waals surface area contributed by atoms with Gasteiger partial charge in [-0.2, -0.15) is 0 Å². The van der Waals surface area contributed by atoms with Gasteiger partial charge >= 0.3 is 0 Å². The molecule has 2 aromatic rings. The highest BCUT2D eigenvalue weighted by Crippen LogP contribution is 2.31. The lowest BCUT2D eigenvalue weighted by Gasteiger charge is -2.35. The molecule has 0 unspecified atom stereocenters. The van der Waals surface area contributed by atoms with Crippen LogP contribution in [0.1, 0.15) is 16.8 Å². The fourth-order valence-corrected chi connectivity index (χ4v) is 3.68. The van der Waals surface area contributed by atoms with Crippen molar-refractivity contribution in [3.05, 3.63) is 67.6 Å². The minimum Gasteiger partial charge on any atom is -0.362 e. The SMILES string of the molecule is O=C(NCCC(=O)N1CCN(c2ccc(Cl)cc2[N+](=O)[O-])CC1)c1ccc(Br)cc1. The molecule has 1 aliphatic rings. The Morgan fingerprint density at radius 3 is 2.40 bits per heavy atom. The second kappa shape index (κ2) is 9.90. The Hall–Kier alpha value is -2.65. The first-order valence-electron chi connectivity index (χ1n) is 9.35. The van der Waals surface area contributed by atoms with Crippen LogP contribution in [0.3, 0.4) is 0 Å². The monoisotopic (exact) mass is 494 g/mol. The minimum atomic E-state index is -0.452. The van der Waals surface area contributed by atoms with Crippen LogP contribution in [-0.2, 0) is 4.79 Å². The van der Waals surface area contributed by atoms with E-state index in [1.54, 1.807) is 41.3 Å². The molecule has 8 nitrogen and oxygen atoms in total. The number of halogens is 2. The van der Waals surface area contributed by atoms with Crippen molar-refractivity contribution in [2.24, 2.45) is 0 Å². The van der Waals surface area contributed by atoms with Gasteiger partial charge < -0.3 is 15.1 Å². The summed E-state index contributed by atoms with van der Waals surface area (Å²) in [6, 6.07) is 11.6. The molecule has 0 spiro atoms. The van der Waals surface area contributed by atoms with E-state index in [4.69, 9.17) is 11.6 Å². The van der Waals surface area contributed by atoms with Gasteiger partial charge in [0, 0.05) is 60.3 Å². The Morgan fingerprint density at radius 2 is 1.77 bits per heavy atom. The van der Waals surface area contributed by atoms with Crippen molar-refractivity contribution in [2.75, 3.05) is 37.6 Å². The molecule has 2 aromatic carbocycles. The molecule has 1 fully saturated rings. The first kappa shape index (κ1) is 22.0. The van der Waals surface area contributed by atoms with Crippen molar-refractivity contribution in [1.82, 2.24) is 10.2 Å². The number of nitrogens with one attached hydrogen (secondary N) is 1. The van der Waals surface area contributed by atoms with Crippen molar-refractivity contribution in [3.63, 3.8) is 0 Å². The Balaban J connectivity index is 1.48. The average Bonchev–Trinajstić information content (AvgIpc) is 2.74. The molecule has 0 aromatic heterocycles. The molecule has 0 bridgehead atoms. The quantitative estimate of drug-likeness (QED) is 0.489. The summed E-state index contributed by atoms with van der Waals surface area (Å²) in [5.74, 6) is -0.286. The molecule has 10 heteroatoms. The van der Waals surface area contributed by atoms with Crippen LogP contribution in [-0.4, -0.2) is 54.4 Å². The highest BCUT2D eigenvalue weighted by molar-refractivity contribution is 9.10. The van der Waals surface area contributed by atoms with Gasteiger partial charge in [-0.25, -0.2) is 0 Å². The smallest absolute Gasteiger partial charge is 0.294 e. The molecule has 2 amide bonds. The third-order valence-corrected chi connectivity index (χ3v) is 5.60. The highest BCUT2D eigenvalue weighted by atomic mass is 79.9. The Morgan fingerprint density at radius 1 is 1.10 bits per heavy atom. The molecule has 0 aliphatic carbocycles. The molecule has 0 atom stereocenters. The Kier molecular flexibility index (Phi) is 7.28. The van der Waals surface area contributed by atoms with Gasteiger partial charge in [-0.3, -0.25) is 19.7 Å². The van der Waals surface area contributed by atoms with Crippen LogP contribution in [0.15, 0.2) is 46.9 Å². The number of anilines is 1. The number of piperazine rings is 1. The fraction of sp³-hybridized carbons (Fsp3) is 0.300. The second-order valence-electron chi connectivity index (χ2n) is 6.77. The molecular formula is C20H20BrClN4O4. The maximum atomic E-state index is 12.4. The van der Waals surface area contributed by atoms with E-state index < -0.39 is 4.92 Å². The number of hydrogen-bond donors (Lipinski definition) is 1. The van der Waals surface area contributed by atoms with E-state index in [-0.39, 0.29) is 30.5 Å². The second-order valence-corrected chi connectivity index (χ2v) is 8.12. The number of nitrogens with zero attached hydrogens (tertiary/aromatic N) is 3. The van der Waals surface area contributed by atoms with Crippen molar-refractivity contribution in [1.29, 1.82) is 0 Å². The van der Waals surface area contributed by atoms with E-state index in [9.17, 15) is 19.7 Å². The maximum Gasteiger partial charge on any atom is 0.294 e. The first-order chi connectivity index (χ1) is 14.3. The molecule has 1 aliphatic heterocycles. The van der Waals surface area contributed by atoms with E-state index in [1.165, 1.54) is 6.07 Å². The number of nitro groups is 1. The maximum absolute atomic E-state index is 12.4. The highest BCUT2D eigenvalue weighted by Gasteiger charge is 2.25. The summed E-state index contributed by atoms with van der Waals surface area (Å²) in [5, 5.41) is 14.4. The number of rotatable bonds is 6. The predicted molar refractivity (Wildman–Crippen MR) is 118 cm³/mol. The molecule has 30 heavy (non-hydrogen) atoms. The normalized spacial score (nSPS) is 13.8. The van der Waals surface area contributed by atoms with Gasteiger partial charge in [-0.05, 0) is 36.4 Å². The summed E-state index contributed by atoms with van der Waals surface area (Å²) in [6.07, 6.45) is 0.198. The average molecular weight is 496 g/mol. The van der Waals surface area contributed by atoms with Gasteiger partial charge in [0.25, 0.3) is 11.6 Å². The van der Waals surface area contributed by atoms with Crippen molar-refractivity contribution < 1.29 is 14.5 Å². The van der Waals surface area contributed by atoms with Crippen molar-refractivity contribution in [2.45, 2.75) is 6.42 Å². The topological polar surface area (TPSA) is 95.8 Å². The van der Waals surface area contributed by atoms with E-state index in [1.807, 2.05) is 4.90 Å². The van der Waals surface area contributed by atoms with Crippen molar-refractivity contribution in [3.8, 4) is 0 Å². The summed E-state index contributed by atoms with van der Waals surface area (Å²) in [4.78, 5) is 39.0. The molecule has 158 valence electrons. The largest absolute Gasteiger partial charge is 0.362 e. The summed E-state index contributed by atoms with van der Waals surface area (Å²) >= 11 is 9.19. The van der Waals surface area contributed by atoms with Crippen LogP contribution >= 0.6 is 27.5 Å². The third-order valence-electron chi connectivity index (χ3n) is 4.84. The lowest BCUT2D eigenvalue weighted by molar-refractivity contribution is -0.384. The molecule has 1 saturated heterocycles. The van der Waals surface area contributed by atoms with Gasteiger partial charge in [0.2, 0.25) is 5.91 Å². The van der Waals surface area contributed by atoms with E-state index >= 15 is 0 Å². The number of nitro benzene ring substituents is 1. The molecule has 0 saturated carbocycles. The molecule has 0 radical (unpaired) electrons. The summed E-state index contributed by atoms with van der Waals surface area (Å²) in [6.45, 7) is 2.13. The zero-order chi connectivity index (χ0) is 21.7. The van der Waals surface area contributed by atoms with Gasteiger partial charge in [-0.15, -0.1) is 0 Å². The summed E-state index contributed by atoms with van der Waals surface area (Å²) in [5.41, 5.74) is 0.986. The van der Waals surface area contributed by atoms with Crippen LogP contribution in [0.5, 0.6) is 0 Å². The molecule has 1 heterocycles. The van der Waals surface area contributed by atoms with E-state index in [2.05, 4.69) is 21.2 Å². The fourth-order valence-electron chi connectivity index (χ4n) is 3.25. The standard InChI is InChI=1S/C20H20BrClN4O4/c21-15-3-1-14(2-4-15)20(28)23-8-7-19(27)25-11-9-24(10-12-25)17-6-5-16(22)13-18(17)26(29)30/h1-6,13H,7-12H2,(H,23,28). The molecule has 3 rings (SSSR count). The van der Waals surface area contributed by atoms with Gasteiger partial charge in [0.15, 0.2) is 0 Å². The molecular weight excluding hydrogens is 476 g/mol. The number of benzene rings is 2. The number of carbonyl (C=O) groups is 2. The van der Waals surface area contributed by atoms with Crippen LogP contribution < -0.4 is 10.2 Å². The first-order valence-corrected chi connectivity index (χ1v) is 10.5. The summed E-state index contributed by atoms with van der Waals surface area (Å²) < 4.78 is 0.886. The Labute approximate surface area is 187 Å². The van der Waals surface area contributed by atoms with Gasteiger partial charge in [0.05, 0.1) is 4.92 Å². The lowest BCUT2D eigenvalue weighted by atomic mass is 10.2. The zero-order valence-corrected chi connectivity index (χ0v) is 18.4. The third kappa shape index (κ3) is 5.48. The van der Waals surface area contributed by atoms with E-state index in [0.717, 1.165) is 4.47 Å². The van der Waals surface area contributed by atoms with Crippen LogP contribution in [0.2, 0.25) is 5.02 Å². The molecule has 1 N–H and O–H groups in total. The van der Waals surface area contributed by atoms with E-state index in [0.29, 0.717) is 42.5 Å². The van der Waals surface area contributed by atoms with Crippen LogP contribution in [0.4, 0.5) is 11.4 Å². The lowest BCUT2D eigenvalue weighted by Crippen LogP contribution is -2.49. The van der Waals surface area contributed by atoms with Crippen molar-refractivity contribution >= 4 is 50.7 Å². The Bertz CT molecular complexity index is 946. The number of carbonyl (C=O) groups excluding carboxylic acids is 2. The van der Waals surface area contributed by atoms with Crippen LogP contribution in [0, 0.1) is 10.1 Å². The van der Waals surface area contributed by atoms with Gasteiger partial charge in [0.1, 0.15) is 5.69 Å². The van der Waals surface area contributed by atoms with Crippen LogP contribution in [0.25, 0.3) is 0 Å².